The highest BCUT2D eigenvalue weighted by Crippen LogP contribution is 2.43. The fourth-order valence-electron chi connectivity index (χ4n) is 7.74. The van der Waals surface area contributed by atoms with Gasteiger partial charge in [-0.3, -0.25) is 4.57 Å². The zero-order valence-corrected chi connectivity index (χ0v) is 26.4. The minimum atomic E-state index is 0.869. The number of benzene rings is 7. The molecule has 0 spiro atoms. The minimum Gasteiger partial charge on any atom is -0.456 e. The van der Waals surface area contributed by atoms with Crippen molar-refractivity contribution in [3.63, 3.8) is 0 Å². The molecule has 4 heterocycles. The summed E-state index contributed by atoms with van der Waals surface area (Å²) in [4.78, 5) is 5.34. The molecule has 7 aromatic carbocycles. The van der Waals surface area contributed by atoms with E-state index in [2.05, 4.69) is 149 Å². The first-order valence-corrected chi connectivity index (χ1v) is 17.0. The number of hydrogen-bond acceptors (Lipinski definition) is 3. The third-order valence-corrected chi connectivity index (χ3v) is 10.8. The second-order valence-electron chi connectivity index (χ2n) is 12.4. The lowest BCUT2D eigenvalue weighted by Crippen LogP contribution is -1.93. The van der Waals surface area contributed by atoms with Gasteiger partial charge in [-0.2, -0.15) is 0 Å². The Morgan fingerprint density at radius 1 is 0.479 bits per heavy atom. The van der Waals surface area contributed by atoms with Crippen LogP contribution in [0.4, 0.5) is 0 Å². The Bertz CT molecular complexity index is 3070. The minimum absolute atomic E-state index is 0.869. The summed E-state index contributed by atoms with van der Waals surface area (Å²) in [5.41, 5.74) is 11.0. The van der Waals surface area contributed by atoms with Crippen LogP contribution in [0.25, 0.3) is 97.7 Å². The van der Waals surface area contributed by atoms with Gasteiger partial charge in [0.25, 0.3) is 0 Å². The Labute approximate surface area is 278 Å². The molecule has 11 aromatic rings. The number of aromatic nitrogens is 3. The molecule has 0 aliphatic carbocycles. The van der Waals surface area contributed by atoms with E-state index in [9.17, 15) is 0 Å². The van der Waals surface area contributed by atoms with E-state index >= 15 is 0 Å². The van der Waals surface area contributed by atoms with Gasteiger partial charge in [0.1, 0.15) is 11.2 Å². The maximum absolute atomic E-state index is 6.21. The Hall–Kier alpha value is -6.17. The highest BCUT2D eigenvalue weighted by molar-refractivity contribution is 7.21. The number of hydrogen-bond donors (Lipinski definition) is 0. The summed E-state index contributed by atoms with van der Waals surface area (Å²) in [5.74, 6) is 0. The van der Waals surface area contributed by atoms with E-state index in [0.717, 1.165) is 54.0 Å². The fourth-order valence-corrected chi connectivity index (χ4v) is 8.75. The molecule has 0 saturated heterocycles. The third kappa shape index (κ3) is 3.51. The average Bonchev–Trinajstić information content (AvgIpc) is 3.90. The van der Waals surface area contributed by atoms with Gasteiger partial charge in [-0.1, -0.05) is 108 Å². The number of fused-ring (bicyclic) bond motifs is 11. The zero-order chi connectivity index (χ0) is 31.3. The van der Waals surface area contributed by atoms with E-state index in [1.54, 1.807) is 11.3 Å². The Kier molecular flexibility index (Phi) is 5.23. The van der Waals surface area contributed by atoms with E-state index in [-0.39, 0.29) is 0 Å². The van der Waals surface area contributed by atoms with Crippen molar-refractivity contribution in [1.29, 1.82) is 0 Å². The van der Waals surface area contributed by atoms with Gasteiger partial charge < -0.3 is 8.98 Å². The van der Waals surface area contributed by atoms with Gasteiger partial charge in [0.05, 0.1) is 37.7 Å². The van der Waals surface area contributed by atoms with Crippen LogP contribution in [0.2, 0.25) is 0 Å². The lowest BCUT2D eigenvalue weighted by molar-refractivity contribution is 0.669. The van der Waals surface area contributed by atoms with Crippen LogP contribution in [0.5, 0.6) is 0 Å². The Morgan fingerprint density at radius 2 is 1.19 bits per heavy atom. The van der Waals surface area contributed by atoms with Crippen LogP contribution in [0.3, 0.4) is 0 Å². The first kappa shape index (κ1) is 26.0. The van der Waals surface area contributed by atoms with Crippen molar-refractivity contribution in [1.82, 2.24) is 14.1 Å². The molecule has 5 heteroatoms. The van der Waals surface area contributed by atoms with Crippen molar-refractivity contribution in [3.8, 4) is 21.9 Å². The Balaban J connectivity index is 1.18. The molecule has 4 aromatic heterocycles. The van der Waals surface area contributed by atoms with Crippen LogP contribution in [0.15, 0.2) is 156 Å². The van der Waals surface area contributed by atoms with Crippen molar-refractivity contribution in [2.75, 3.05) is 0 Å². The third-order valence-electron chi connectivity index (χ3n) is 9.78. The molecular formula is C43H25N3OS. The number of para-hydroxylation sites is 4. The van der Waals surface area contributed by atoms with Crippen LogP contribution >= 0.6 is 11.3 Å². The largest absolute Gasteiger partial charge is 0.456 e. The van der Waals surface area contributed by atoms with E-state index in [1.165, 1.54) is 43.7 Å². The highest BCUT2D eigenvalue weighted by Gasteiger charge is 2.21. The molecule has 48 heavy (non-hydrogen) atoms. The summed E-state index contributed by atoms with van der Waals surface area (Å²) in [6.45, 7) is 0. The van der Waals surface area contributed by atoms with Crippen LogP contribution in [0.1, 0.15) is 0 Å². The fraction of sp³-hybridized carbons (Fsp3) is 0. The maximum atomic E-state index is 6.21. The van der Waals surface area contributed by atoms with Crippen molar-refractivity contribution in [2.45, 2.75) is 0 Å². The van der Waals surface area contributed by atoms with Crippen LogP contribution in [-0.2, 0) is 0 Å². The first-order chi connectivity index (χ1) is 23.8. The summed E-state index contributed by atoms with van der Waals surface area (Å²) >= 11 is 1.72. The standard InChI is InChI=1S/C43H25N3OS/c1-2-11-27(12-3-1)45-33-17-7-4-13-29(33)30-22-21-26(25-36(30)45)28-16-10-19-35-40(28)31-14-5-8-18-34(31)46(35)43-44-42-39(48-43)24-23-38-41(42)32-15-6-9-20-37(32)47-38/h1-25H. The monoisotopic (exact) mass is 631 g/mol. The van der Waals surface area contributed by atoms with Gasteiger partial charge in [-0.05, 0) is 65.7 Å². The summed E-state index contributed by atoms with van der Waals surface area (Å²) < 4.78 is 12.1. The quantitative estimate of drug-likeness (QED) is 0.194. The second kappa shape index (κ2) is 9.67. The lowest BCUT2D eigenvalue weighted by Gasteiger charge is -2.10. The van der Waals surface area contributed by atoms with Crippen molar-refractivity contribution in [3.05, 3.63) is 152 Å². The molecule has 0 saturated carbocycles. The molecule has 0 aliphatic rings. The van der Waals surface area contributed by atoms with Crippen LogP contribution in [0, 0.1) is 0 Å². The van der Waals surface area contributed by atoms with Crippen molar-refractivity contribution >= 4 is 87.1 Å². The molecule has 11 rings (SSSR count). The average molecular weight is 632 g/mol. The topological polar surface area (TPSA) is 35.9 Å². The molecule has 0 amide bonds. The van der Waals surface area contributed by atoms with Gasteiger partial charge in [0.2, 0.25) is 0 Å². The first-order valence-electron chi connectivity index (χ1n) is 16.1. The van der Waals surface area contributed by atoms with Crippen LogP contribution in [-0.4, -0.2) is 14.1 Å². The second-order valence-corrected chi connectivity index (χ2v) is 13.4. The van der Waals surface area contributed by atoms with E-state index in [4.69, 9.17) is 9.40 Å². The number of nitrogens with zero attached hydrogens (tertiary/aromatic N) is 3. The van der Waals surface area contributed by atoms with Crippen molar-refractivity contribution in [2.24, 2.45) is 0 Å². The zero-order valence-electron chi connectivity index (χ0n) is 25.6. The van der Waals surface area contributed by atoms with Gasteiger partial charge in [0.15, 0.2) is 5.13 Å². The predicted octanol–water partition coefficient (Wildman–Crippen LogP) is 12.1. The summed E-state index contributed by atoms with van der Waals surface area (Å²) in [6, 6.07) is 54.1. The van der Waals surface area contributed by atoms with Gasteiger partial charge in [-0.25, -0.2) is 4.98 Å². The van der Waals surface area contributed by atoms with E-state index < -0.39 is 0 Å². The van der Waals surface area contributed by atoms with E-state index in [0.29, 0.717) is 0 Å². The van der Waals surface area contributed by atoms with Crippen LogP contribution < -0.4 is 0 Å². The number of thiazole rings is 1. The Morgan fingerprint density at radius 3 is 2.06 bits per heavy atom. The van der Waals surface area contributed by atoms with Gasteiger partial charge in [0, 0.05) is 32.6 Å². The highest BCUT2D eigenvalue weighted by atomic mass is 32.1. The molecule has 0 bridgehead atoms. The molecular weight excluding hydrogens is 607 g/mol. The lowest BCUT2D eigenvalue weighted by atomic mass is 9.98. The predicted molar refractivity (Wildman–Crippen MR) is 201 cm³/mol. The van der Waals surface area contributed by atoms with Gasteiger partial charge in [-0.15, -0.1) is 0 Å². The molecule has 4 nitrogen and oxygen atoms in total. The smallest absolute Gasteiger partial charge is 0.195 e. The molecule has 0 N–H and O–H groups in total. The summed E-state index contributed by atoms with van der Waals surface area (Å²) in [7, 11) is 0. The molecule has 224 valence electrons. The molecule has 0 aliphatic heterocycles. The normalized spacial score (nSPS) is 12.2. The molecule has 0 unspecified atom stereocenters. The SMILES string of the molecule is c1ccc(-n2c3ccccc3c3ccc(-c4cccc5c4c4ccccc4n5-c4nc5c(ccc6oc7ccccc7c65)s4)cc32)cc1. The molecule has 0 radical (unpaired) electrons. The van der Waals surface area contributed by atoms with Gasteiger partial charge >= 0.3 is 0 Å². The summed E-state index contributed by atoms with van der Waals surface area (Å²) in [6.07, 6.45) is 0. The molecule has 0 fully saturated rings. The maximum Gasteiger partial charge on any atom is 0.195 e. The van der Waals surface area contributed by atoms with Crippen molar-refractivity contribution < 1.29 is 4.42 Å². The molecule has 0 atom stereocenters. The number of furan rings is 1. The number of rotatable bonds is 3. The van der Waals surface area contributed by atoms with E-state index in [1.807, 2.05) is 12.1 Å². The summed E-state index contributed by atoms with van der Waals surface area (Å²) in [5, 5.41) is 8.08.